The Kier molecular flexibility index (Phi) is 5.60. The van der Waals surface area contributed by atoms with Gasteiger partial charge in [-0.2, -0.15) is 0 Å². The van der Waals surface area contributed by atoms with Crippen LogP contribution >= 0.6 is 0 Å². The van der Waals surface area contributed by atoms with Crippen molar-refractivity contribution in [1.29, 1.82) is 0 Å². The van der Waals surface area contributed by atoms with Crippen molar-refractivity contribution in [2.24, 2.45) is 4.99 Å². The molecule has 0 saturated carbocycles. The van der Waals surface area contributed by atoms with Crippen LogP contribution in [-0.4, -0.2) is 92.1 Å². The highest BCUT2D eigenvalue weighted by Gasteiger charge is 2.35. The van der Waals surface area contributed by atoms with Gasteiger partial charge in [-0.3, -0.25) is 19.3 Å². The number of hydrogen-bond acceptors (Lipinski definition) is 8. The van der Waals surface area contributed by atoms with E-state index in [0.717, 1.165) is 69.0 Å². The SMILES string of the molecule is CN(C)c1ccc(C2NC3=NCN(CCN4CCOCC4)CN3c3nc4ccccc4n32)cc1. The van der Waals surface area contributed by atoms with Crippen molar-refractivity contribution in [2.75, 3.05) is 76.6 Å². The standard InChI is InChI=1S/C25H32N8O/c1-29(2)20-9-7-19(8-10-20)23-28-24-26-17-31(12-11-30-13-15-34-16-14-30)18-32(24)25-27-21-5-3-4-6-22(21)33(23)25/h3-10,23H,11-18H2,1-2H3,(H,26,28). The third-order valence-electron chi connectivity index (χ3n) is 6.92. The van der Waals surface area contributed by atoms with Crippen LogP contribution in [0.3, 0.4) is 0 Å². The molecular formula is C25H32N8O. The normalized spacial score (nSPS) is 21.1. The summed E-state index contributed by atoms with van der Waals surface area (Å²) in [7, 11) is 4.13. The van der Waals surface area contributed by atoms with Gasteiger partial charge in [0.05, 0.1) is 37.6 Å². The van der Waals surface area contributed by atoms with Crippen LogP contribution in [0.4, 0.5) is 11.6 Å². The Labute approximate surface area is 200 Å². The van der Waals surface area contributed by atoms with Gasteiger partial charge in [0.25, 0.3) is 0 Å². The smallest absolute Gasteiger partial charge is 0.216 e. The van der Waals surface area contributed by atoms with Crippen LogP contribution in [0.5, 0.6) is 0 Å². The molecule has 2 aromatic carbocycles. The maximum Gasteiger partial charge on any atom is 0.216 e. The Morgan fingerprint density at radius 1 is 1.00 bits per heavy atom. The number of aliphatic imine (C=N–C) groups is 1. The Bertz CT molecular complexity index is 1180. The Morgan fingerprint density at radius 2 is 1.76 bits per heavy atom. The van der Waals surface area contributed by atoms with E-state index < -0.39 is 0 Å². The van der Waals surface area contributed by atoms with E-state index in [1.807, 2.05) is 0 Å². The first-order valence-electron chi connectivity index (χ1n) is 12.0. The zero-order chi connectivity index (χ0) is 23.1. The van der Waals surface area contributed by atoms with Gasteiger partial charge in [0.1, 0.15) is 6.17 Å². The number of hydrogen-bond donors (Lipinski definition) is 1. The molecule has 1 N–H and O–H groups in total. The summed E-state index contributed by atoms with van der Waals surface area (Å²) >= 11 is 0. The Balaban J connectivity index is 1.31. The fraction of sp³-hybridized carbons (Fsp3) is 0.440. The second-order valence-corrected chi connectivity index (χ2v) is 9.34. The van der Waals surface area contributed by atoms with Gasteiger partial charge >= 0.3 is 0 Å². The van der Waals surface area contributed by atoms with Crippen molar-refractivity contribution in [2.45, 2.75) is 6.17 Å². The second kappa shape index (κ2) is 8.90. The van der Waals surface area contributed by atoms with Crippen LogP contribution in [-0.2, 0) is 4.74 Å². The number of fused-ring (bicyclic) bond motifs is 5. The summed E-state index contributed by atoms with van der Waals surface area (Å²) in [6.45, 7) is 7.16. The van der Waals surface area contributed by atoms with E-state index in [1.54, 1.807) is 0 Å². The highest BCUT2D eigenvalue weighted by molar-refractivity contribution is 5.98. The van der Waals surface area contributed by atoms with E-state index in [4.69, 9.17) is 14.7 Å². The number of anilines is 2. The highest BCUT2D eigenvalue weighted by atomic mass is 16.5. The summed E-state index contributed by atoms with van der Waals surface area (Å²) in [5, 5.41) is 3.71. The number of nitrogens with one attached hydrogen (secondary N) is 1. The zero-order valence-corrected chi connectivity index (χ0v) is 19.9. The molecule has 0 radical (unpaired) electrons. The van der Waals surface area contributed by atoms with Crippen LogP contribution in [0, 0.1) is 0 Å². The predicted molar refractivity (Wildman–Crippen MR) is 135 cm³/mol. The van der Waals surface area contributed by atoms with E-state index in [0.29, 0.717) is 6.67 Å². The van der Waals surface area contributed by atoms with Gasteiger partial charge in [-0.05, 0) is 29.8 Å². The summed E-state index contributed by atoms with van der Waals surface area (Å²) in [5.74, 6) is 1.84. The van der Waals surface area contributed by atoms with E-state index in [-0.39, 0.29) is 6.17 Å². The lowest BCUT2D eigenvalue weighted by atomic mass is 10.1. The number of nitrogens with zero attached hydrogens (tertiary/aromatic N) is 7. The van der Waals surface area contributed by atoms with Crippen molar-refractivity contribution in [1.82, 2.24) is 24.7 Å². The van der Waals surface area contributed by atoms with Crippen molar-refractivity contribution < 1.29 is 4.74 Å². The van der Waals surface area contributed by atoms with Crippen molar-refractivity contribution in [3.05, 3.63) is 54.1 Å². The molecule has 3 aliphatic rings. The number of para-hydroxylation sites is 2. The molecule has 1 saturated heterocycles. The first-order chi connectivity index (χ1) is 16.7. The molecule has 6 rings (SSSR count). The van der Waals surface area contributed by atoms with Crippen molar-refractivity contribution >= 4 is 28.6 Å². The quantitative estimate of drug-likeness (QED) is 0.625. The number of aromatic nitrogens is 2. The second-order valence-electron chi connectivity index (χ2n) is 9.34. The van der Waals surface area contributed by atoms with E-state index in [9.17, 15) is 0 Å². The minimum absolute atomic E-state index is 0.0616. The molecule has 4 heterocycles. The minimum Gasteiger partial charge on any atom is -0.379 e. The van der Waals surface area contributed by atoms with Gasteiger partial charge in [-0.25, -0.2) is 9.98 Å². The molecule has 0 amide bonds. The molecule has 1 unspecified atom stereocenters. The lowest BCUT2D eigenvalue weighted by Gasteiger charge is -2.42. The molecule has 178 valence electrons. The average Bonchev–Trinajstić information content (AvgIpc) is 3.28. The first kappa shape index (κ1) is 21.4. The van der Waals surface area contributed by atoms with E-state index >= 15 is 0 Å². The summed E-state index contributed by atoms with van der Waals surface area (Å²) < 4.78 is 7.80. The predicted octanol–water partition coefficient (Wildman–Crippen LogP) is 1.98. The fourth-order valence-electron chi connectivity index (χ4n) is 4.95. The zero-order valence-electron chi connectivity index (χ0n) is 19.9. The summed E-state index contributed by atoms with van der Waals surface area (Å²) in [4.78, 5) is 19.2. The monoisotopic (exact) mass is 460 g/mol. The van der Waals surface area contributed by atoms with Crippen molar-refractivity contribution in [3.63, 3.8) is 0 Å². The average molecular weight is 461 g/mol. The largest absolute Gasteiger partial charge is 0.379 e. The summed E-state index contributed by atoms with van der Waals surface area (Å²) in [6.07, 6.45) is -0.0616. The number of rotatable bonds is 5. The molecule has 9 heteroatoms. The number of guanidine groups is 1. The Morgan fingerprint density at radius 3 is 2.56 bits per heavy atom. The molecule has 3 aliphatic heterocycles. The van der Waals surface area contributed by atoms with Crippen LogP contribution < -0.4 is 15.1 Å². The maximum absolute atomic E-state index is 5.49. The van der Waals surface area contributed by atoms with E-state index in [1.165, 1.54) is 11.3 Å². The van der Waals surface area contributed by atoms with E-state index in [2.05, 4.69) is 92.1 Å². The first-order valence-corrected chi connectivity index (χ1v) is 12.0. The molecule has 34 heavy (non-hydrogen) atoms. The highest BCUT2D eigenvalue weighted by Crippen LogP contribution is 2.34. The number of benzene rings is 2. The fourth-order valence-corrected chi connectivity index (χ4v) is 4.95. The van der Waals surface area contributed by atoms with Gasteiger partial charge in [-0.1, -0.05) is 24.3 Å². The van der Waals surface area contributed by atoms with Gasteiger partial charge in [-0.15, -0.1) is 0 Å². The topological polar surface area (TPSA) is 64.4 Å². The van der Waals surface area contributed by atoms with Gasteiger partial charge in [0.15, 0.2) is 0 Å². The molecule has 1 aromatic heterocycles. The van der Waals surface area contributed by atoms with Gasteiger partial charge in [0.2, 0.25) is 11.9 Å². The molecule has 0 spiro atoms. The number of imidazole rings is 1. The maximum atomic E-state index is 5.49. The molecule has 3 aromatic rings. The summed E-state index contributed by atoms with van der Waals surface area (Å²) in [5.41, 5.74) is 4.49. The molecule has 1 atom stereocenters. The molecule has 1 fully saturated rings. The van der Waals surface area contributed by atoms with Crippen LogP contribution in [0.1, 0.15) is 11.7 Å². The number of morpholine rings is 1. The third-order valence-corrected chi connectivity index (χ3v) is 6.92. The van der Waals surface area contributed by atoms with Crippen LogP contribution in [0.2, 0.25) is 0 Å². The lowest BCUT2D eigenvalue weighted by Crippen LogP contribution is -2.58. The lowest BCUT2D eigenvalue weighted by molar-refractivity contribution is 0.0334. The van der Waals surface area contributed by atoms with Crippen LogP contribution in [0.15, 0.2) is 53.5 Å². The molecule has 0 bridgehead atoms. The molecule has 9 nitrogen and oxygen atoms in total. The van der Waals surface area contributed by atoms with Crippen LogP contribution in [0.25, 0.3) is 11.0 Å². The van der Waals surface area contributed by atoms with Gasteiger partial charge < -0.3 is 15.0 Å². The van der Waals surface area contributed by atoms with Gasteiger partial charge in [0, 0.05) is 46.0 Å². The number of ether oxygens (including phenoxy) is 1. The molecular weight excluding hydrogens is 428 g/mol. The summed E-state index contributed by atoms with van der Waals surface area (Å²) in [6, 6.07) is 17.1. The van der Waals surface area contributed by atoms with Crippen molar-refractivity contribution in [3.8, 4) is 0 Å². The third kappa shape index (κ3) is 3.89. The molecule has 0 aliphatic carbocycles. The minimum atomic E-state index is -0.0616. The Hall–Kier alpha value is -3.14.